The molecule has 1 aromatic rings. The molecule has 0 amide bonds. The van der Waals surface area contributed by atoms with Crippen LogP contribution in [0.3, 0.4) is 0 Å². The Morgan fingerprint density at radius 3 is 1.90 bits per heavy atom. The number of rotatable bonds is 1. The summed E-state index contributed by atoms with van der Waals surface area (Å²) in [5.41, 5.74) is 0.618. The van der Waals surface area contributed by atoms with Gasteiger partial charge in [-0.05, 0) is 6.67 Å². The van der Waals surface area contributed by atoms with Crippen LogP contribution in [-0.4, -0.2) is 23.1 Å². The first kappa shape index (κ1) is 12.7. The summed E-state index contributed by atoms with van der Waals surface area (Å²) in [5.74, 6) is 0. The van der Waals surface area contributed by atoms with Crippen molar-refractivity contribution < 1.29 is 16.8 Å². The fourth-order valence-electron chi connectivity index (χ4n) is 0.526. The number of hydrogen-bond acceptors (Lipinski definition) is 0. The zero-order chi connectivity index (χ0) is 5.82. The molecule has 0 unspecified atom stereocenters. The summed E-state index contributed by atoms with van der Waals surface area (Å²) in [4.78, 5) is 0. The SMILES string of the molecule is F[CH-]c1ccccc1.[Cl-].[Mg+2]. The van der Waals surface area contributed by atoms with Crippen molar-refractivity contribution in [1.82, 2.24) is 0 Å². The van der Waals surface area contributed by atoms with Gasteiger partial charge in [-0.2, -0.15) is 17.7 Å². The molecule has 1 rings (SSSR count). The quantitative estimate of drug-likeness (QED) is 0.365. The van der Waals surface area contributed by atoms with E-state index in [4.69, 9.17) is 0 Å². The van der Waals surface area contributed by atoms with Crippen molar-refractivity contribution in [2.75, 3.05) is 0 Å². The van der Waals surface area contributed by atoms with Crippen LogP contribution in [0.2, 0.25) is 0 Å². The van der Waals surface area contributed by atoms with Gasteiger partial charge in [-0.25, -0.2) is 0 Å². The number of hydrogen-bond donors (Lipinski definition) is 0. The van der Waals surface area contributed by atoms with Crippen LogP contribution < -0.4 is 12.4 Å². The monoisotopic (exact) mass is 168 g/mol. The van der Waals surface area contributed by atoms with Crippen LogP contribution in [-0.2, 0) is 0 Å². The van der Waals surface area contributed by atoms with Crippen LogP contribution >= 0.6 is 0 Å². The van der Waals surface area contributed by atoms with E-state index in [1.54, 1.807) is 24.3 Å². The zero-order valence-corrected chi connectivity index (χ0v) is 7.60. The van der Waals surface area contributed by atoms with Gasteiger partial charge in [-0.15, -0.1) is 12.1 Å². The van der Waals surface area contributed by atoms with Gasteiger partial charge in [0.1, 0.15) is 0 Å². The third-order valence-corrected chi connectivity index (χ3v) is 0.926. The maximum atomic E-state index is 11.6. The van der Waals surface area contributed by atoms with Crippen LogP contribution in [0.4, 0.5) is 4.39 Å². The standard InChI is InChI=1S/C7H6F.ClH.Mg/c8-6-7-4-2-1-3-5-7;;/h1-6H;1H;/q-1;;+2/p-1. The maximum Gasteiger partial charge on any atom is 2.00 e. The van der Waals surface area contributed by atoms with E-state index < -0.39 is 0 Å². The molecule has 0 bridgehead atoms. The molecule has 50 valence electrons. The molecular weight excluding hydrogens is 163 g/mol. The molecule has 0 heterocycles. The average molecular weight is 169 g/mol. The Hall–Kier alpha value is 0.0762. The van der Waals surface area contributed by atoms with Gasteiger partial charge in [0.05, 0.1) is 0 Å². The van der Waals surface area contributed by atoms with Crippen molar-refractivity contribution >= 4 is 23.1 Å². The smallest absolute Gasteiger partial charge is 1.00 e. The Kier molecular flexibility index (Phi) is 9.15. The van der Waals surface area contributed by atoms with Gasteiger partial charge >= 0.3 is 23.1 Å². The molecular formula is C7H6ClFMg. The molecule has 0 nitrogen and oxygen atoms in total. The Labute approximate surface area is 82.4 Å². The van der Waals surface area contributed by atoms with E-state index in [0.717, 1.165) is 0 Å². The molecule has 1 aromatic carbocycles. The van der Waals surface area contributed by atoms with Crippen LogP contribution in [0.1, 0.15) is 5.56 Å². The summed E-state index contributed by atoms with van der Waals surface area (Å²) in [6.07, 6.45) is 0. The van der Waals surface area contributed by atoms with E-state index in [9.17, 15) is 4.39 Å². The van der Waals surface area contributed by atoms with E-state index in [1.165, 1.54) is 0 Å². The van der Waals surface area contributed by atoms with Gasteiger partial charge in [0.2, 0.25) is 0 Å². The number of halogens is 2. The Balaban J connectivity index is 0. The van der Waals surface area contributed by atoms with Gasteiger partial charge in [0, 0.05) is 0 Å². The fourth-order valence-corrected chi connectivity index (χ4v) is 0.526. The first-order valence-electron chi connectivity index (χ1n) is 2.42. The van der Waals surface area contributed by atoms with Crippen molar-refractivity contribution in [3.8, 4) is 0 Å². The molecule has 0 radical (unpaired) electrons. The molecule has 0 saturated carbocycles. The summed E-state index contributed by atoms with van der Waals surface area (Å²) in [6.45, 7) is 0.583. The number of benzene rings is 1. The molecule has 0 aliphatic rings. The van der Waals surface area contributed by atoms with E-state index in [0.29, 0.717) is 12.2 Å². The summed E-state index contributed by atoms with van der Waals surface area (Å²) in [5, 5.41) is 0. The second-order valence-corrected chi connectivity index (χ2v) is 1.52. The van der Waals surface area contributed by atoms with Crippen LogP contribution in [0.5, 0.6) is 0 Å². The van der Waals surface area contributed by atoms with Crippen LogP contribution in [0.15, 0.2) is 30.3 Å². The molecule has 0 saturated heterocycles. The van der Waals surface area contributed by atoms with Crippen LogP contribution in [0.25, 0.3) is 0 Å². The minimum absolute atomic E-state index is 0. The van der Waals surface area contributed by atoms with E-state index in [-0.39, 0.29) is 35.5 Å². The minimum Gasteiger partial charge on any atom is -1.00 e. The summed E-state index contributed by atoms with van der Waals surface area (Å²) < 4.78 is 11.6. The summed E-state index contributed by atoms with van der Waals surface area (Å²) in [7, 11) is 0. The van der Waals surface area contributed by atoms with Gasteiger partial charge in [0.25, 0.3) is 0 Å². The molecule has 0 spiro atoms. The third-order valence-electron chi connectivity index (χ3n) is 0.926. The molecule has 0 aliphatic heterocycles. The van der Waals surface area contributed by atoms with E-state index in [2.05, 4.69) is 0 Å². The van der Waals surface area contributed by atoms with Crippen molar-refractivity contribution in [1.29, 1.82) is 0 Å². The molecule has 0 aliphatic carbocycles. The molecule has 0 aromatic heterocycles. The zero-order valence-electron chi connectivity index (χ0n) is 5.43. The minimum atomic E-state index is 0. The predicted molar refractivity (Wildman–Crippen MR) is 36.7 cm³/mol. The third kappa shape index (κ3) is 3.98. The molecule has 0 fully saturated rings. The van der Waals surface area contributed by atoms with Crippen molar-refractivity contribution in [2.45, 2.75) is 0 Å². The average Bonchev–Trinajstić information content (AvgIpc) is 1.90. The Morgan fingerprint density at radius 2 is 1.60 bits per heavy atom. The van der Waals surface area contributed by atoms with Crippen molar-refractivity contribution in [3.05, 3.63) is 42.6 Å². The second-order valence-electron chi connectivity index (χ2n) is 1.52. The Bertz CT molecular complexity index is 155. The van der Waals surface area contributed by atoms with Gasteiger partial charge < -0.3 is 12.4 Å². The first-order chi connectivity index (χ1) is 3.93. The molecule has 10 heavy (non-hydrogen) atoms. The van der Waals surface area contributed by atoms with Crippen molar-refractivity contribution in [2.24, 2.45) is 0 Å². The molecule has 0 atom stereocenters. The van der Waals surface area contributed by atoms with Crippen molar-refractivity contribution in [3.63, 3.8) is 0 Å². The molecule has 3 heteroatoms. The summed E-state index contributed by atoms with van der Waals surface area (Å²) in [6, 6.07) is 8.86. The second kappa shape index (κ2) is 7.19. The largest absolute Gasteiger partial charge is 2.00 e. The normalized spacial score (nSPS) is 6.90. The predicted octanol–water partition coefficient (Wildman–Crippen LogP) is -1.21. The van der Waals surface area contributed by atoms with E-state index >= 15 is 0 Å². The van der Waals surface area contributed by atoms with E-state index in [1.807, 2.05) is 6.07 Å². The molecule has 0 N–H and O–H groups in total. The maximum absolute atomic E-state index is 11.6. The fraction of sp³-hybridized carbons (Fsp3) is 0. The van der Waals surface area contributed by atoms with Gasteiger partial charge in [-0.3, -0.25) is 4.39 Å². The topological polar surface area (TPSA) is 0 Å². The summed E-state index contributed by atoms with van der Waals surface area (Å²) >= 11 is 0. The van der Waals surface area contributed by atoms with Crippen LogP contribution in [0, 0.1) is 6.67 Å². The van der Waals surface area contributed by atoms with Gasteiger partial charge in [0.15, 0.2) is 0 Å². The Morgan fingerprint density at radius 1 is 1.10 bits per heavy atom. The van der Waals surface area contributed by atoms with Gasteiger partial charge in [-0.1, -0.05) is 6.07 Å². The first-order valence-corrected chi connectivity index (χ1v) is 2.42.